The quantitative estimate of drug-likeness (QED) is 0.819. The highest BCUT2D eigenvalue weighted by Crippen LogP contribution is 2.20. The molecule has 22 heavy (non-hydrogen) atoms. The van der Waals surface area contributed by atoms with Gasteiger partial charge in [-0.25, -0.2) is 4.79 Å². The van der Waals surface area contributed by atoms with Crippen LogP contribution in [-0.2, 0) is 4.74 Å². The van der Waals surface area contributed by atoms with E-state index in [0.717, 1.165) is 13.1 Å². The van der Waals surface area contributed by atoms with Crippen LogP contribution in [0.25, 0.3) is 0 Å². The lowest BCUT2D eigenvalue weighted by atomic mass is 10.2. The highest BCUT2D eigenvalue weighted by atomic mass is 16.5. The third-order valence-corrected chi connectivity index (χ3v) is 3.19. The van der Waals surface area contributed by atoms with Crippen molar-refractivity contribution in [1.29, 1.82) is 0 Å². The summed E-state index contributed by atoms with van der Waals surface area (Å²) in [5, 5.41) is 11.1. The van der Waals surface area contributed by atoms with E-state index in [1.165, 1.54) is 13.3 Å². The minimum Gasteiger partial charge on any atom is -0.465 e. The second kappa shape index (κ2) is 7.35. The number of methoxy groups -OCH3 is 1. The molecule has 0 atom stereocenters. The maximum absolute atomic E-state index is 11.8. The van der Waals surface area contributed by atoms with Crippen molar-refractivity contribution < 1.29 is 9.53 Å². The van der Waals surface area contributed by atoms with Crippen molar-refractivity contribution in [2.75, 3.05) is 30.4 Å². The molecule has 0 aliphatic heterocycles. The van der Waals surface area contributed by atoms with Crippen LogP contribution >= 0.6 is 0 Å². The number of aromatic nitrogens is 3. The molecule has 0 radical (unpaired) electrons. The monoisotopic (exact) mass is 301 g/mol. The zero-order chi connectivity index (χ0) is 15.9. The maximum atomic E-state index is 11.8. The summed E-state index contributed by atoms with van der Waals surface area (Å²) in [6.45, 7) is 5.64. The minimum atomic E-state index is -0.408. The molecule has 0 aliphatic rings. The molecular weight excluding hydrogens is 282 g/mol. The SMILES string of the molecule is CCN(CC)c1nncc(Nc2ccccc2C(=O)OC)n1. The van der Waals surface area contributed by atoms with Crippen LogP contribution in [-0.4, -0.2) is 41.3 Å². The van der Waals surface area contributed by atoms with Gasteiger partial charge in [0.25, 0.3) is 0 Å². The molecule has 2 rings (SSSR count). The fraction of sp³-hybridized carbons (Fsp3) is 0.333. The average molecular weight is 301 g/mol. The number of nitrogens with zero attached hydrogens (tertiary/aromatic N) is 4. The first-order valence-electron chi connectivity index (χ1n) is 7.08. The van der Waals surface area contributed by atoms with Crippen LogP contribution in [0.2, 0.25) is 0 Å². The van der Waals surface area contributed by atoms with E-state index in [0.29, 0.717) is 23.0 Å². The Morgan fingerprint density at radius 3 is 2.68 bits per heavy atom. The van der Waals surface area contributed by atoms with Crippen LogP contribution < -0.4 is 10.2 Å². The van der Waals surface area contributed by atoms with Gasteiger partial charge in [-0.2, -0.15) is 10.1 Å². The number of hydrogen-bond donors (Lipinski definition) is 1. The minimum absolute atomic E-state index is 0.408. The number of hydrogen-bond acceptors (Lipinski definition) is 7. The molecule has 0 bridgehead atoms. The number of nitrogens with one attached hydrogen (secondary N) is 1. The Hall–Kier alpha value is -2.70. The summed E-state index contributed by atoms with van der Waals surface area (Å²) < 4.78 is 4.78. The Balaban J connectivity index is 2.28. The summed E-state index contributed by atoms with van der Waals surface area (Å²) >= 11 is 0. The second-order valence-electron chi connectivity index (χ2n) is 4.48. The number of para-hydroxylation sites is 1. The van der Waals surface area contributed by atoms with Crippen LogP contribution in [0.15, 0.2) is 30.5 Å². The third kappa shape index (κ3) is 3.49. The molecule has 1 heterocycles. The molecular formula is C15H19N5O2. The van der Waals surface area contributed by atoms with Crippen LogP contribution in [0.3, 0.4) is 0 Å². The van der Waals surface area contributed by atoms with Gasteiger partial charge in [0.2, 0.25) is 5.95 Å². The fourth-order valence-electron chi connectivity index (χ4n) is 2.01. The van der Waals surface area contributed by atoms with E-state index in [1.807, 2.05) is 24.8 Å². The molecule has 7 heteroatoms. The van der Waals surface area contributed by atoms with E-state index in [9.17, 15) is 4.79 Å². The summed E-state index contributed by atoms with van der Waals surface area (Å²) in [5.41, 5.74) is 1.05. The van der Waals surface area contributed by atoms with Crippen molar-refractivity contribution in [3.05, 3.63) is 36.0 Å². The summed E-state index contributed by atoms with van der Waals surface area (Å²) in [4.78, 5) is 18.2. The van der Waals surface area contributed by atoms with Gasteiger partial charge >= 0.3 is 5.97 Å². The number of carbonyl (C=O) groups excluding carboxylic acids is 1. The van der Waals surface area contributed by atoms with Crippen molar-refractivity contribution in [2.24, 2.45) is 0 Å². The zero-order valence-electron chi connectivity index (χ0n) is 12.9. The lowest BCUT2D eigenvalue weighted by Crippen LogP contribution is -2.24. The molecule has 2 aromatic rings. The highest BCUT2D eigenvalue weighted by Gasteiger charge is 2.13. The summed E-state index contributed by atoms with van der Waals surface area (Å²) in [7, 11) is 1.35. The van der Waals surface area contributed by atoms with Crippen molar-refractivity contribution in [3.8, 4) is 0 Å². The van der Waals surface area contributed by atoms with Gasteiger partial charge in [0.15, 0.2) is 5.82 Å². The number of carbonyl (C=O) groups is 1. The Labute approximate surface area is 129 Å². The zero-order valence-corrected chi connectivity index (χ0v) is 12.9. The molecule has 0 saturated carbocycles. The predicted octanol–water partition coefficient (Wildman–Crippen LogP) is 2.25. The molecule has 0 fully saturated rings. The lowest BCUT2D eigenvalue weighted by Gasteiger charge is -2.18. The lowest BCUT2D eigenvalue weighted by molar-refractivity contribution is 0.0602. The van der Waals surface area contributed by atoms with Crippen LogP contribution in [0.5, 0.6) is 0 Å². The molecule has 0 saturated heterocycles. The first-order chi connectivity index (χ1) is 10.7. The van der Waals surface area contributed by atoms with Gasteiger partial charge in [0.05, 0.1) is 24.6 Å². The first-order valence-corrected chi connectivity index (χ1v) is 7.08. The number of benzene rings is 1. The number of esters is 1. The number of anilines is 3. The Morgan fingerprint density at radius 2 is 2.00 bits per heavy atom. The largest absolute Gasteiger partial charge is 0.465 e. The summed E-state index contributed by atoms with van der Waals surface area (Å²) in [6, 6.07) is 7.07. The second-order valence-corrected chi connectivity index (χ2v) is 4.48. The molecule has 0 aliphatic carbocycles. The normalized spacial score (nSPS) is 10.1. The van der Waals surface area contributed by atoms with E-state index in [1.54, 1.807) is 18.2 Å². The van der Waals surface area contributed by atoms with Crippen molar-refractivity contribution in [2.45, 2.75) is 13.8 Å². The highest BCUT2D eigenvalue weighted by molar-refractivity contribution is 5.96. The molecule has 0 amide bonds. The van der Waals surface area contributed by atoms with E-state index < -0.39 is 5.97 Å². The van der Waals surface area contributed by atoms with Crippen molar-refractivity contribution in [3.63, 3.8) is 0 Å². The maximum Gasteiger partial charge on any atom is 0.339 e. The van der Waals surface area contributed by atoms with Gasteiger partial charge in [-0.05, 0) is 26.0 Å². The molecule has 1 aromatic carbocycles. The smallest absolute Gasteiger partial charge is 0.339 e. The summed E-state index contributed by atoms with van der Waals surface area (Å²) in [6.07, 6.45) is 1.51. The molecule has 1 aromatic heterocycles. The van der Waals surface area contributed by atoms with Gasteiger partial charge < -0.3 is 15.0 Å². The molecule has 0 spiro atoms. The standard InChI is InChI=1S/C15H19N5O2/c1-4-20(5-2)15-18-13(10-16-19-15)17-12-9-7-6-8-11(12)14(21)22-3/h6-10H,4-5H2,1-3H3,(H,17,18,19). The first kappa shape index (κ1) is 15.7. The van der Waals surface area contributed by atoms with Gasteiger partial charge in [0.1, 0.15) is 0 Å². The fourth-order valence-corrected chi connectivity index (χ4v) is 2.01. The van der Waals surface area contributed by atoms with Crippen LogP contribution in [0.1, 0.15) is 24.2 Å². The Kier molecular flexibility index (Phi) is 5.24. The van der Waals surface area contributed by atoms with Crippen LogP contribution in [0.4, 0.5) is 17.5 Å². The topological polar surface area (TPSA) is 80.2 Å². The van der Waals surface area contributed by atoms with Gasteiger partial charge in [-0.3, -0.25) is 0 Å². The van der Waals surface area contributed by atoms with E-state index in [-0.39, 0.29) is 0 Å². The van der Waals surface area contributed by atoms with Crippen LogP contribution in [0, 0.1) is 0 Å². The van der Waals surface area contributed by atoms with E-state index >= 15 is 0 Å². The van der Waals surface area contributed by atoms with E-state index in [2.05, 4.69) is 20.5 Å². The molecule has 116 valence electrons. The van der Waals surface area contributed by atoms with Crippen molar-refractivity contribution in [1.82, 2.24) is 15.2 Å². The number of ether oxygens (including phenoxy) is 1. The Bertz CT molecular complexity index is 643. The number of rotatable bonds is 6. The van der Waals surface area contributed by atoms with Gasteiger partial charge in [-0.1, -0.05) is 12.1 Å². The van der Waals surface area contributed by atoms with Crippen molar-refractivity contribution >= 4 is 23.4 Å². The third-order valence-electron chi connectivity index (χ3n) is 3.19. The van der Waals surface area contributed by atoms with Gasteiger partial charge in [-0.15, -0.1) is 5.10 Å². The average Bonchev–Trinajstić information content (AvgIpc) is 2.56. The molecule has 1 N–H and O–H groups in total. The molecule has 0 unspecified atom stereocenters. The molecule has 7 nitrogen and oxygen atoms in total. The van der Waals surface area contributed by atoms with E-state index in [4.69, 9.17) is 4.74 Å². The predicted molar refractivity (Wildman–Crippen MR) is 84.5 cm³/mol. The Morgan fingerprint density at radius 1 is 1.27 bits per heavy atom. The summed E-state index contributed by atoms with van der Waals surface area (Å²) in [5.74, 6) is 0.660. The van der Waals surface area contributed by atoms with Gasteiger partial charge in [0, 0.05) is 13.1 Å².